The van der Waals surface area contributed by atoms with Gasteiger partial charge in [0.2, 0.25) is 0 Å². The third-order valence-corrected chi connectivity index (χ3v) is 0.951. The monoisotopic (exact) mass is 180 g/mol. The lowest BCUT2D eigenvalue weighted by molar-refractivity contribution is 0.180. The minimum atomic E-state index is -0.624. The Hall–Kier alpha value is -0.970. The van der Waals surface area contributed by atoms with Gasteiger partial charge >= 0.3 is 6.09 Å². The summed E-state index contributed by atoms with van der Waals surface area (Å²) in [6.45, 7) is 0. The standard InChI is InChI=1S/C5H9ClN2O3/c1-7-5(9)11-4(3-6)8-10-2/h3H2,1-2H3,(H,7,9). The fourth-order valence-corrected chi connectivity index (χ4v) is 0.434. The highest BCUT2D eigenvalue weighted by Gasteiger charge is 2.04. The number of hydrogen-bond donors (Lipinski definition) is 1. The van der Waals surface area contributed by atoms with Crippen molar-refractivity contribution in [3.8, 4) is 0 Å². The van der Waals surface area contributed by atoms with Gasteiger partial charge in [-0.2, -0.15) is 0 Å². The van der Waals surface area contributed by atoms with Crippen LogP contribution < -0.4 is 5.32 Å². The number of rotatable bonds is 2. The topological polar surface area (TPSA) is 59.9 Å². The van der Waals surface area contributed by atoms with E-state index < -0.39 is 6.09 Å². The molecule has 0 unspecified atom stereocenters. The van der Waals surface area contributed by atoms with Gasteiger partial charge in [0.1, 0.15) is 13.0 Å². The number of oxime groups is 1. The zero-order valence-electron chi connectivity index (χ0n) is 6.26. The van der Waals surface area contributed by atoms with E-state index >= 15 is 0 Å². The van der Waals surface area contributed by atoms with Crippen molar-refractivity contribution in [2.24, 2.45) is 5.16 Å². The molecular formula is C5H9ClN2O3. The SMILES string of the molecule is CNC(=O)OC(CCl)=NOC. The van der Waals surface area contributed by atoms with Crippen LogP contribution in [0.1, 0.15) is 0 Å². The smallest absolute Gasteiger partial charge is 0.396 e. The number of alkyl carbamates (subject to hydrolysis) is 1. The van der Waals surface area contributed by atoms with Crippen LogP contribution in [0.5, 0.6) is 0 Å². The molecule has 0 fully saturated rings. The number of halogens is 1. The maximum absolute atomic E-state index is 10.5. The summed E-state index contributed by atoms with van der Waals surface area (Å²) in [5.41, 5.74) is 0. The minimum Gasteiger partial charge on any atom is -0.396 e. The van der Waals surface area contributed by atoms with Crippen molar-refractivity contribution in [2.75, 3.05) is 20.0 Å². The Balaban J connectivity index is 3.87. The largest absolute Gasteiger partial charge is 0.413 e. The normalized spacial score (nSPS) is 10.6. The molecule has 0 aliphatic heterocycles. The summed E-state index contributed by atoms with van der Waals surface area (Å²) in [5, 5.41) is 5.56. The van der Waals surface area contributed by atoms with Crippen molar-refractivity contribution in [2.45, 2.75) is 0 Å². The Labute approximate surface area is 69.3 Å². The molecule has 0 radical (unpaired) electrons. The average Bonchev–Trinajstić information content (AvgIpc) is 2.03. The van der Waals surface area contributed by atoms with Crippen LogP contribution in [0.25, 0.3) is 0 Å². The van der Waals surface area contributed by atoms with Gasteiger partial charge in [-0.1, -0.05) is 5.16 Å². The van der Waals surface area contributed by atoms with Gasteiger partial charge in [-0.3, -0.25) is 0 Å². The Bertz CT molecular complexity index is 160. The summed E-state index contributed by atoms with van der Waals surface area (Å²) in [6.07, 6.45) is -0.624. The van der Waals surface area contributed by atoms with E-state index in [-0.39, 0.29) is 11.8 Å². The van der Waals surface area contributed by atoms with E-state index in [9.17, 15) is 4.79 Å². The fraction of sp³-hybridized carbons (Fsp3) is 0.600. The van der Waals surface area contributed by atoms with Crippen molar-refractivity contribution in [3.05, 3.63) is 0 Å². The van der Waals surface area contributed by atoms with Gasteiger partial charge in [0.25, 0.3) is 5.90 Å². The first-order valence-electron chi connectivity index (χ1n) is 2.80. The van der Waals surface area contributed by atoms with E-state index in [2.05, 4.69) is 20.0 Å². The quantitative estimate of drug-likeness (QED) is 0.292. The third-order valence-electron chi connectivity index (χ3n) is 0.722. The highest BCUT2D eigenvalue weighted by molar-refractivity contribution is 6.27. The van der Waals surface area contributed by atoms with Gasteiger partial charge in [-0.15, -0.1) is 11.6 Å². The number of carbonyl (C=O) groups is 1. The predicted octanol–water partition coefficient (Wildman–Crippen LogP) is 0.541. The van der Waals surface area contributed by atoms with Gasteiger partial charge in [0.05, 0.1) is 0 Å². The van der Waals surface area contributed by atoms with Crippen molar-refractivity contribution in [3.63, 3.8) is 0 Å². The lowest BCUT2D eigenvalue weighted by Crippen LogP contribution is -2.23. The first-order valence-corrected chi connectivity index (χ1v) is 3.33. The zero-order chi connectivity index (χ0) is 8.69. The Morgan fingerprint density at radius 3 is 2.73 bits per heavy atom. The summed E-state index contributed by atoms with van der Waals surface area (Å²) < 4.78 is 4.53. The first kappa shape index (κ1) is 10.0. The maximum Gasteiger partial charge on any atom is 0.413 e. The molecule has 0 aromatic heterocycles. The van der Waals surface area contributed by atoms with E-state index in [1.807, 2.05) is 0 Å². The van der Waals surface area contributed by atoms with Crippen LogP contribution in [-0.2, 0) is 9.57 Å². The molecule has 5 nitrogen and oxygen atoms in total. The minimum absolute atomic E-state index is 0.0126. The molecule has 6 heteroatoms. The second-order valence-corrected chi connectivity index (χ2v) is 1.71. The highest BCUT2D eigenvalue weighted by atomic mass is 35.5. The van der Waals surface area contributed by atoms with Gasteiger partial charge in [-0.25, -0.2) is 4.79 Å². The van der Waals surface area contributed by atoms with E-state index in [1.54, 1.807) is 0 Å². The summed E-state index contributed by atoms with van der Waals surface area (Å²) in [6, 6.07) is 0. The van der Waals surface area contributed by atoms with Crippen molar-refractivity contribution >= 4 is 23.6 Å². The first-order chi connectivity index (χ1) is 5.24. The van der Waals surface area contributed by atoms with Crippen LogP contribution in [0.4, 0.5) is 4.79 Å². The number of hydrogen-bond acceptors (Lipinski definition) is 4. The Morgan fingerprint density at radius 1 is 1.73 bits per heavy atom. The molecule has 0 saturated carbocycles. The lowest BCUT2D eigenvalue weighted by atomic mass is 10.8. The van der Waals surface area contributed by atoms with Gasteiger partial charge < -0.3 is 14.9 Å². The lowest BCUT2D eigenvalue weighted by Gasteiger charge is -2.01. The zero-order valence-corrected chi connectivity index (χ0v) is 7.01. The van der Waals surface area contributed by atoms with E-state index in [0.29, 0.717) is 0 Å². The van der Waals surface area contributed by atoms with E-state index in [1.165, 1.54) is 14.2 Å². The van der Waals surface area contributed by atoms with Crippen LogP contribution in [-0.4, -0.2) is 32.0 Å². The highest BCUT2D eigenvalue weighted by Crippen LogP contribution is 1.88. The number of amides is 1. The molecule has 0 heterocycles. The Kier molecular flexibility index (Phi) is 5.28. The molecular weight excluding hydrogens is 172 g/mol. The molecule has 0 bridgehead atoms. The molecule has 0 saturated heterocycles. The molecule has 0 atom stereocenters. The molecule has 1 amide bonds. The molecule has 1 N–H and O–H groups in total. The van der Waals surface area contributed by atoms with Crippen molar-refractivity contribution in [1.29, 1.82) is 0 Å². The van der Waals surface area contributed by atoms with Gasteiger partial charge in [0.15, 0.2) is 0 Å². The molecule has 0 rings (SSSR count). The maximum atomic E-state index is 10.5. The van der Waals surface area contributed by atoms with Crippen molar-refractivity contribution < 1.29 is 14.4 Å². The van der Waals surface area contributed by atoms with Crippen LogP contribution in [0.15, 0.2) is 5.16 Å². The van der Waals surface area contributed by atoms with E-state index in [0.717, 1.165) is 0 Å². The summed E-state index contributed by atoms with van der Waals surface area (Å²) >= 11 is 5.33. The van der Waals surface area contributed by atoms with E-state index in [4.69, 9.17) is 11.6 Å². The Morgan fingerprint density at radius 2 is 2.36 bits per heavy atom. The molecule has 0 aliphatic rings. The average molecular weight is 181 g/mol. The second-order valence-electron chi connectivity index (χ2n) is 1.44. The van der Waals surface area contributed by atoms with Crippen LogP contribution in [0.2, 0.25) is 0 Å². The van der Waals surface area contributed by atoms with Crippen molar-refractivity contribution in [1.82, 2.24) is 5.32 Å². The number of nitrogens with zero attached hydrogens (tertiary/aromatic N) is 1. The van der Waals surface area contributed by atoms with Gasteiger partial charge in [0, 0.05) is 7.05 Å². The van der Waals surface area contributed by atoms with Crippen LogP contribution in [0, 0.1) is 0 Å². The molecule has 0 aliphatic carbocycles. The number of nitrogens with one attached hydrogen (secondary N) is 1. The third kappa shape index (κ3) is 4.44. The van der Waals surface area contributed by atoms with Crippen LogP contribution in [0.3, 0.4) is 0 Å². The fourth-order valence-electron chi connectivity index (χ4n) is 0.330. The summed E-state index contributed by atoms with van der Waals surface area (Å²) in [4.78, 5) is 14.9. The molecule has 0 aromatic rings. The number of alkyl halides is 1. The molecule has 64 valence electrons. The van der Waals surface area contributed by atoms with Gasteiger partial charge in [-0.05, 0) is 0 Å². The second kappa shape index (κ2) is 5.79. The predicted molar refractivity (Wildman–Crippen MR) is 40.7 cm³/mol. The number of ether oxygens (including phenoxy) is 1. The summed E-state index contributed by atoms with van der Waals surface area (Å²) in [5.74, 6) is 0.00914. The molecule has 11 heavy (non-hydrogen) atoms. The molecule has 0 aromatic carbocycles. The summed E-state index contributed by atoms with van der Waals surface area (Å²) in [7, 11) is 2.76. The number of carbonyl (C=O) groups excluding carboxylic acids is 1. The molecule has 0 spiro atoms. The van der Waals surface area contributed by atoms with Crippen LogP contribution >= 0.6 is 11.6 Å².